The Morgan fingerprint density at radius 2 is 1.97 bits per heavy atom. The van der Waals surface area contributed by atoms with Gasteiger partial charge in [-0.2, -0.15) is 0 Å². The topological polar surface area (TPSA) is 122 Å². The van der Waals surface area contributed by atoms with Gasteiger partial charge in [-0.05, 0) is 37.6 Å². The highest BCUT2D eigenvalue weighted by Gasteiger charge is 2.19. The first kappa shape index (κ1) is 20.8. The second-order valence-corrected chi connectivity index (χ2v) is 6.32. The van der Waals surface area contributed by atoms with Crippen molar-refractivity contribution in [3.63, 3.8) is 0 Å². The molecule has 0 aliphatic heterocycles. The normalized spacial score (nSPS) is 11.2. The van der Waals surface area contributed by atoms with E-state index in [1.54, 1.807) is 38.1 Å². The molecule has 0 saturated heterocycles. The van der Waals surface area contributed by atoms with E-state index in [1.165, 1.54) is 19.4 Å². The average molecular weight is 411 g/mol. The van der Waals surface area contributed by atoms with Gasteiger partial charge in [-0.3, -0.25) is 9.59 Å². The molecular weight excluding hydrogens is 390 g/mol. The maximum atomic E-state index is 12.3. The highest BCUT2D eigenvalue weighted by molar-refractivity contribution is 6.15. The van der Waals surface area contributed by atoms with Gasteiger partial charge in [0, 0.05) is 35.1 Å². The number of ether oxygens (including phenoxy) is 2. The number of benzene rings is 1. The van der Waals surface area contributed by atoms with Crippen LogP contribution in [0, 0.1) is 0 Å². The second-order valence-electron chi connectivity index (χ2n) is 6.32. The summed E-state index contributed by atoms with van der Waals surface area (Å²) in [5.74, 6) is -1.06. The highest BCUT2D eigenvalue weighted by atomic mass is 16.5. The molecule has 9 heteroatoms. The van der Waals surface area contributed by atoms with Gasteiger partial charge in [-0.1, -0.05) is 6.07 Å². The summed E-state index contributed by atoms with van der Waals surface area (Å²) in [4.78, 5) is 55.1. The van der Waals surface area contributed by atoms with Crippen LogP contribution in [-0.4, -0.2) is 53.1 Å². The third-order valence-corrected chi connectivity index (χ3v) is 4.56. The number of carbonyl (C=O) groups excluding carboxylic acids is 3. The third-order valence-electron chi connectivity index (χ3n) is 4.56. The number of methoxy groups -OCH3 is 1. The van der Waals surface area contributed by atoms with E-state index in [4.69, 9.17) is 4.74 Å². The van der Waals surface area contributed by atoms with Crippen molar-refractivity contribution in [3.05, 3.63) is 52.0 Å². The maximum absolute atomic E-state index is 12.3. The van der Waals surface area contributed by atoms with Gasteiger partial charge >= 0.3 is 12.1 Å². The van der Waals surface area contributed by atoms with Crippen LogP contribution in [0.15, 0.2) is 35.3 Å². The van der Waals surface area contributed by atoms with Crippen molar-refractivity contribution in [2.24, 2.45) is 0 Å². The van der Waals surface area contributed by atoms with Crippen LogP contribution in [0.25, 0.3) is 27.9 Å². The quantitative estimate of drug-likeness (QED) is 0.492. The molecule has 3 aromatic rings. The number of H-pyrrole nitrogens is 2. The second kappa shape index (κ2) is 8.64. The smallest absolute Gasteiger partial charge is 0.416 e. The van der Waals surface area contributed by atoms with Crippen molar-refractivity contribution in [2.45, 2.75) is 13.8 Å². The molecule has 0 fully saturated rings. The summed E-state index contributed by atoms with van der Waals surface area (Å²) in [6, 6.07) is 5.13. The number of imide groups is 1. The molecule has 156 valence electrons. The molecule has 0 saturated carbocycles. The van der Waals surface area contributed by atoms with Gasteiger partial charge in [0.25, 0.3) is 11.5 Å². The summed E-state index contributed by atoms with van der Waals surface area (Å²) in [5.41, 5.74) is 1.32. The number of hydrogen-bond donors (Lipinski definition) is 2. The first-order chi connectivity index (χ1) is 14.4. The van der Waals surface area contributed by atoms with Gasteiger partial charge in [-0.25, -0.2) is 14.5 Å². The monoisotopic (exact) mass is 411 g/mol. The summed E-state index contributed by atoms with van der Waals surface area (Å²) in [6.45, 7) is 3.73. The van der Waals surface area contributed by atoms with Crippen LogP contribution in [0.4, 0.5) is 4.79 Å². The fourth-order valence-electron chi connectivity index (χ4n) is 3.16. The number of fused-ring (bicyclic) bond motifs is 3. The number of rotatable bonds is 5. The van der Waals surface area contributed by atoms with Crippen LogP contribution < -0.4 is 5.56 Å². The Hall–Kier alpha value is -3.88. The summed E-state index contributed by atoms with van der Waals surface area (Å²) < 4.78 is 9.68. The van der Waals surface area contributed by atoms with Gasteiger partial charge in [0.2, 0.25) is 0 Å². The minimum atomic E-state index is -0.739. The number of amides is 2. The zero-order valence-electron chi connectivity index (χ0n) is 16.8. The van der Waals surface area contributed by atoms with E-state index in [0.717, 1.165) is 4.90 Å². The highest BCUT2D eigenvalue weighted by Crippen LogP contribution is 2.26. The Labute approximate surface area is 171 Å². The van der Waals surface area contributed by atoms with Crippen LogP contribution in [0.3, 0.4) is 0 Å². The molecule has 1 aromatic carbocycles. The van der Waals surface area contributed by atoms with Crippen LogP contribution in [0.2, 0.25) is 0 Å². The molecule has 0 aliphatic carbocycles. The zero-order chi connectivity index (χ0) is 21.8. The summed E-state index contributed by atoms with van der Waals surface area (Å²) in [6.07, 6.45) is 3.50. The van der Waals surface area contributed by atoms with Gasteiger partial charge < -0.3 is 19.4 Å². The number of nitrogens with one attached hydrogen (secondary N) is 2. The van der Waals surface area contributed by atoms with E-state index in [-0.39, 0.29) is 29.8 Å². The van der Waals surface area contributed by atoms with Crippen LogP contribution in [0.5, 0.6) is 0 Å². The van der Waals surface area contributed by atoms with Crippen molar-refractivity contribution in [2.75, 3.05) is 20.3 Å². The first-order valence-electron chi connectivity index (χ1n) is 9.33. The van der Waals surface area contributed by atoms with E-state index >= 15 is 0 Å². The lowest BCUT2D eigenvalue weighted by Gasteiger charge is -2.14. The van der Waals surface area contributed by atoms with E-state index in [0.29, 0.717) is 21.9 Å². The van der Waals surface area contributed by atoms with Crippen molar-refractivity contribution < 1.29 is 23.9 Å². The Morgan fingerprint density at radius 3 is 2.63 bits per heavy atom. The third kappa shape index (κ3) is 3.82. The number of nitrogens with zero attached hydrogens (tertiary/aromatic N) is 1. The van der Waals surface area contributed by atoms with E-state index in [2.05, 4.69) is 14.7 Å². The Balaban J connectivity index is 2.08. The number of aromatic amines is 2. The van der Waals surface area contributed by atoms with Crippen LogP contribution >= 0.6 is 0 Å². The predicted octanol–water partition coefficient (Wildman–Crippen LogP) is 2.81. The molecule has 2 amide bonds. The number of pyridine rings is 1. The molecule has 0 spiro atoms. The molecule has 2 heterocycles. The number of aromatic nitrogens is 2. The standard InChI is InChI=1S/C21H21N3O6/c1-4-24(21(28)29-3)16(25)9-7-12-6-8-15-13(10-12)17-14(20(27)30-5-2)11-22-18(17)19(26)23-15/h6-11,22H,4-5H2,1-3H3,(H,23,26). The minimum absolute atomic E-state index is 0.168. The first-order valence-corrected chi connectivity index (χ1v) is 9.33. The van der Waals surface area contributed by atoms with Crippen molar-refractivity contribution in [3.8, 4) is 0 Å². The number of esters is 1. The molecule has 0 atom stereocenters. The lowest BCUT2D eigenvalue weighted by Crippen LogP contribution is -2.35. The average Bonchev–Trinajstić information content (AvgIpc) is 3.19. The lowest BCUT2D eigenvalue weighted by atomic mass is 10.0. The van der Waals surface area contributed by atoms with Gasteiger partial charge in [-0.15, -0.1) is 0 Å². The Kier molecular flexibility index (Phi) is 6.01. The summed E-state index contributed by atoms with van der Waals surface area (Å²) >= 11 is 0. The predicted molar refractivity (Wildman–Crippen MR) is 111 cm³/mol. The largest absolute Gasteiger partial charge is 0.462 e. The molecule has 0 bridgehead atoms. The van der Waals surface area contributed by atoms with E-state index in [1.807, 2.05) is 0 Å². The Bertz CT molecular complexity index is 1220. The lowest BCUT2D eigenvalue weighted by molar-refractivity contribution is -0.124. The summed E-state index contributed by atoms with van der Waals surface area (Å²) in [5, 5.41) is 1.06. The van der Waals surface area contributed by atoms with Crippen molar-refractivity contribution in [1.29, 1.82) is 0 Å². The molecule has 0 aliphatic rings. The fraction of sp³-hybridized carbons (Fsp3) is 0.238. The van der Waals surface area contributed by atoms with Crippen LogP contribution in [-0.2, 0) is 14.3 Å². The van der Waals surface area contributed by atoms with Gasteiger partial charge in [0.1, 0.15) is 5.52 Å². The molecule has 0 unspecified atom stereocenters. The molecule has 30 heavy (non-hydrogen) atoms. The molecule has 2 N–H and O–H groups in total. The zero-order valence-corrected chi connectivity index (χ0v) is 16.8. The van der Waals surface area contributed by atoms with Crippen molar-refractivity contribution in [1.82, 2.24) is 14.9 Å². The number of hydrogen-bond acceptors (Lipinski definition) is 6. The molecule has 3 rings (SSSR count). The fourth-order valence-corrected chi connectivity index (χ4v) is 3.16. The van der Waals surface area contributed by atoms with Gasteiger partial charge in [0.15, 0.2) is 0 Å². The van der Waals surface area contributed by atoms with Crippen molar-refractivity contribution >= 4 is 45.9 Å². The minimum Gasteiger partial charge on any atom is -0.462 e. The van der Waals surface area contributed by atoms with Crippen LogP contribution in [0.1, 0.15) is 29.8 Å². The van der Waals surface area contributed by atoms with Gasteiger partial charge in [0.05, 0.1) is 19.3 Å². The van der Waals surface area contributed by atoms with E-state index < -0.39 is 18.0 Å². The SMILES string of the molecule is CCOC(=O)c1c[nH]c2c(=O)[nH]c3ccc(C=CC(=O)N(CC)C(=O)OC)cc3c12. The Morgan fingerprint density at radius 1 is 1.20 bits per heavy atom. The molecular formula is C21H21N3O6. The molecule has 2 aromatic heterocycles. The molecule has 9 nitrogen and oxygen atoms in total. The van der Waals surface area contributed by atoms with E-state index in [9.17, 15) is 19.2 Å². The molecule has 0 radical (unpaired) electrons. The number of likely N-dealkylation sites (N-methyl/N-ethyl adjacent to an activating group) is 1. The summed E-state index contributed by atoms with van der Waals surface area (Å²) in [7, 11) is 1.20. The number of carbonyl (C=O) groups is 3. The maximum Gasteiger partial charge on any atom is 0.416 e.